The van der Waals surface area contributed by atoms with Crippen molar-refractivity contribution in [2.24, 2.45) is 0 Å². The number of carbonyl (C=O) groups excluding carboxylic acids is 1. The lowest BCUT2D eigenvalue weighted by Gasteiger charge is -2.07. The first-order chi connectivity index (χ1) is 9.11. The molecule has 1 amide bonds. The van der Waals surface area contributed by atoms with Crippen molar-refractivity contribution in [1.82, 2.24) is 9.97 Å². The van der Waals surface area contributed by atoms with E-state index in [-0.39, 0.29) is 17.1 Å². The maximum absolute atomic E-state index is 13.4. The molecule has 98 valence electrons. The standard InChI is InChI=1S/C12H9F2N3O2/c13-7-1-2-8(14)9(5-7)17-12(19)11-10(6-18)15-3-4-16-11/h1-5,18H,6H2,(H,17,19). The number of nitrogens with zero attached hydrogens (tertiary/aromatic N) is 2. The van der Waals surface area contributed by atoms with Gasteiger partial charge in [0.05, 0.1) is 18.0 Å². The van der Waals surface area contributed by atoms with E-state index in [0.717, 1.165) is 18.2 Å². The minimum Gasteiger partial charge on any atom is -0.390 e. The SMILES string of the molecule is O=C(Nc1cc(F)ccc1F)c1nccnc1CO. The normalized spacial score (nSPS) is 10.3. The van der Waals surface area contributed by atoms with Gasteiger partial charge in [0.1, 0.15) is 11.6 Å². The van der Waals surface area contributed by atoms with Gasteiger partial charge >= 0.3 is 0 Å². The Bertz CT molecular complexity index is 620. The molecule has 19 heavy (non-hydrogen) atoms. The van der Waals surface area contributed by atoms with Gasteiger partial charge < -0.3 is 10.4 Å². The van der Waals surface area contributed by atoms with E-state index < -0.39 is 24.1 Å². The van der Waals surface area contributed by atoms with Crippen LogP contribution in [0.15, 0.2) is 30.6 Å². The fraction of sp³-hybridized carbons (Fsp3) is 0.0833. The first-order valence-electron chi connectivity index (χ1n) is 5.29. The quantitative estimate of drug-likeness (QED) is 0.881. The highest BCUT2D eigenvalue weighted by Crippen LogP contribution is 2.16. The van der Waals surface area contributed by atoms with Crippen LogP contribution in [-0.4, -0.2) is 21.0 Å². The predicted octanol–water partition coefficient (Wildman–Crippen LogP) is 1.50. The molecule has 1 heterocycles. The van der Waals surface area contributed by atoms with Gasteiger partial charge in [0, 0.05) is 18.5 Å². The topological polar surface area (TPSA) is 75.1 Å². The van der Waals surface area contributed by atoms with E-state index in [1.54, 1.807) is 0 Å². The smallest absolute Gasteiger partial charge is 0.276 e. The summed E-state index contributed by atoms with van der Waals surface area (Å²) in [6, 6.07) is 2.68. The minimum atomic E-state index is -0.776. The molecule has 0 aliphatic heterocycles. The molecule has 1 aromatic heterocycles. The molecule has 0 aliphatic rings. The molecule has 2 N–H and O–H groups in total. The molecule has 0 fully saturated rings. The molecule has 2 rings (SSSR count). The summed E-state index contributed by atoms with van der Waals surface area (Å²) < 4.78 is 26.3. The molecule has 0 spiro atoms. The van der Waals surface area contributed by atoms with Gasteiger partial charge in [-0.25, -0.2) is 13.8 Å². The zero-order valence-corrected chi connectivity index (χ0v) is 9.60. The summed E-state index contributed by atoms with van der Waals surface area (Å²) in [5.74, 6) is -2.23. The van der Waals surface area contributed by atoms with Crippen LogP contribution in [0, 0.1) is 11.6 Å². The summed E-state index contributed by atoms with van der Waals surface area (Å²) in [6.07, 6.45) is 2.57. The molecule has 5 nitrogen and oxygen atoms in total. The lowest BCUT2D eigenvalue weighted by Crippen LogP contribution is -2.18. The number of aliphatic hydroxyl groups excluding tert-OH is 1. The summed E-state index contributed by atoms with van der Waals surface area (Å²) in [7, 11) is 0. The fourth-order valence-electron chi connectivity index (χ4n) is 1.45. The van der Waals surface area contributed by atoms with Crippen LogP contribution in [0.4, 0.5) is 14.5 Å². The number of hydrogen-bond acceptors (Lipinski definition) is 4. The number of halogens is 2. The van der Waals surface area contributed by atoms with Gasteiger partial charge in [-0.1, -0.05) is 0 Å². The molecule has 0 saturated heterocycles. The predicted molar refractivity (Wildman–Crippen MR) is 62.3 cm³/mol. The van der Waals surface area contributed by atoms with Gasteiger partial charge in [0.2, 0.25) is 0 Å². The Labute approximate surface area is 106 Å². The molecule has 0 aliphatic carbocycles. The van der Waals surface area contributed by atoms with E-state index in [0.29, 0.717) is 0 Å². The summed E-state index contributed by atoms with van der Waals surface area (Å²) in [5, 5.41) is 11.2. The maximum atomic E-state index is 13.4. The van der Waals surface area contributed by atoms with Crippen LogP contribution in [0.1, 0.15) is 16.2 Å². The second-order valence-corrected chi connectivity index (χ2v) is 3.59. The van der Waals surface area contributed by atoms with Crippen molar-refractivity contribution in [2.45, 2.75) is 6.61 Å². The zero-order chi connectivity index (χ0) is 13.8. The third-order valence-corrected chi connectivity index (χ3v) is 2.32. The second kappa shape index (κ2) is 5.49. The molecule has 7 heteroatoms. The van der Waals surface area contributed by atoms with Gasteiger partial charge in [-0.15, -0.1) is 0 Å². The Balaban J connectivity index is 2.28. The number of nitrogens with one attached hydrogen (secondary N) is 1. The van der Waals surface area contributed by atoms with Crippen LogP contribution in [0.25, 0.3) is 0 Å². The van der Waals surface area contributed by atoms with Crippen LogP contribution in [0.3, 0.4) is 0 Å². The number of carbonyl (C=O) groups is 1. The number of amides is 1. The first-order valence-corrected chi connectivity index (χ1v) is 5.29. The van der Waals surface area contributed by atoms with Gasteiger partial charge in [-0.3, -0.25) is 9.78 Å². The number of benzene rings is 1. The highest BCUT2D eigenvalue weighted by atomic mass is 19.1. The minimum absolute atomic E-state index is 0.0526. The Morgan fingerprint density at radius 3 is 2.74 bits per heavy atom. The molecule has 0 bridgehead atoms. The molecular weight excluding hydrogens is 256 g/mol. The molecule has 0 unspecified atom stereocenters. The lowest BCUT2D eigenvalue weighted by molar-refractivity contribution is 0.101. The van der Waals surface area contributed by atoms with Crippen LogP contribution in [0.2, 0.25) is 0 Å². The highest BCUT2D eigenvalue weighted by Gasteiger charge is 2.15. The van der Waals surface area contributed by atoms with E-state index >= 15 is 0 Å². The van der Waals surface area contributed by atoms with Crippen molar-refractivity contribution < 1.29 is 18.7 Å². The van der Waals surface area contributed by atoms with Gasteiger partial charge in [-0.05, 0) is 12.1 Å². The molecule has 0 atom stereocenters. The Morgan fingerprint density at radius 1 is 1.26 bits per heavy atom. The van der Waals surface area contributed by atoms with E-state index in [1.807, 2.05) is 0 Å². The highest BCUT2D eigenvalue weighted by molar-refractivity contribution is 6.03. The average Bonchev–Trinajstić information content (AvgIpc) is 2.42. The first kappa shape index (κ1) is 13.0. The lowest BCUT2D eigenvalue weighted by atomic mass is 10.2. The van der Waals surface area contributed by atoms with Gasteiger partial charge in [-0.2, -0.15) is 0 Å². The number of rotatable bonds is 3. The summed E-state index contributed by atoms with van der Waals surface area (Å²) >= 11 is 0. The fourth-order valence-corrected chi connectivity index (χ4v) is 1.45. The zero-order valence-electron chi connectivity index (χ0n) is 9.60. The Hall–Kier alpha value is -2.41. The third kappa shape index (κ3) is 2.89. The third-order valence-electron chi connectivity index (χ3n) is 2.32. The largest absolute Gasteiger partial charge is 0.390 e. The summed E-state index contributed by atoms with van der Waals surface area (Å²) in [5.41, 5.74) is -0.398. The monoisotopic (exact) mass is 265 g/mol. The average molecular weight is 265 g/mol. The van der Waals surface area contributed by atoms with Crippen molar-refractivity contribution in [3.8, 4) is 0 Å². The van der Waals surface area contributed by atoms with Crippen LogP contribution in [-0.2, 0) is 6.61 Å². The van der Waals surface area contributed by atoms with Crippen LogP contribution < -0.4 is 5.32 Å². The number of aliphatic hydroxyl groups is 1. The van der Waals surface area contributed by atoms with Crippen LogP contribution >= 0.6 is 0 Å². The van der Waals surface area contributed by atoms with Crippen molar-refractivity contribution >= 4 is 11.6 Å². The summed E-state index contributed by atoms with van der Waals surface area (Å²) in [6.45, 7) is -0.484. The number of anilines is 1. The molecule has 2 aromatic rings. The van der Waals surface area contributed by atoms with E-state index in [4.69, 9.17) is 5.11 Å². The Kier molecular flexibility index (Phi) is 3.76. The molecular formula is C12H9F2N3O2. The van der Waals surface area contributed by atoms with Crippen molar-refractivity contribution in [3.05, 3.63) is 53.6 Å². The van der Waals surface area contributed by atoms with Gasteiger partial charge in [0.15, 0.2) is 5.69 Å². The second-order valence-electron chi connectivity index (χ2n) is 3.59. The Morgan fingerprint density at radius 2 is 2.00 bits per heavy atom. The van der Waals surface area contributed by atoms with E-state index in [9.17, 15) is 13.6 Å². The van der Waals surface area contributed by atoms with E-state index in [2.05, 4.69) is 15.3 Å². The summed E-state index contributed by atoms with van der Waals surface area (Å²) in [4.78, 5) is 19.3. The van der Waals surface area contributed by atoms with Crippen LogP contribution in [0.5, 0.6) is 0 Å². The van der Waals surface area contributed by atoms with Crippen molar-refractivity contribution in [2.75, 3.05) is 5.32 Å². The van der Waals surface area contributed by atoms with Gasteiger partial charge in [0.25, 0.3) is 5.91 Å². The number of aromatic nitrogens is 2. The number of hydrogen-bond donors (Lipinski definition) is 2. The molecule has 1 aromatic carbocycles. The molecule has 0 radical (unpaired) electrons. The maximum Gasteiger partial charge on any atom is 0.276 e. The van der Waals surface area contributed by atoms with Crippen molar-refractivity contribution in [3.63, 3.8) is 0 Å². The van der Waals surface area contributed by atoms with Crippen molar-refractivity contribution in [1.29, 1.82) is 0 Å². The van der Waals surface area contributed by atoms with E-state index in [1.165, 1.54) is 12.4 Å². The molecule has 0 saturated carbocycles.